The molecule has 1 saturated heterocycles. The third kappa shape index (κ3) is 3.69. The third-order valence-corrected chi connectivity index (χ3v) is 4.90. The van der Waals surface area contributed by atoms with Gasteiger partial charge in [0.1, 0.15) is 0 Å². The van der Waals surface area contributed by atoms with Gasteiger partial charge in [0.2, 0.25) is 0 Å². The molecule has 0 aromatic rings. The van der Waals surface area contributed by atoms with Crippen LogP contribution in [0.5, 0.6) is 0 Å². The summed E-state index contributed by atoms with van der Waals surface area (Å²) in [6, 6.07) is 1.65. The van der Waals surface area contributed by atoms with Crippen molar-refractivity contribution in [2.24, 2.45) is 5.92 Å². The molecule has 1 aliphatic carbocycles. The number of hydrogen-bond donors (Lipinski definition) is 1. The lowest BCUT2D eigenvalue weighted by molar-refractivity contribution is 0.214. The number of nitrogens with zero attached hydrogens (tertiary/aromatic N) is 1. The SMILES string of the molecule is CCCC1CCCC(N2CCC(NC)C2)CC1. The van der Waals surface area contributed by atoms with Crippen molar-refractivity contribution < 1.29 is 0 Å². The smallest absolute Gasteiger partial charge is 0.0204 e. The normalized spacial score (nSPS) is 36.0. The summed E-state index contributed by atoms with van der Waals surface area (Å²) in [5.41, 5.74) is 0. The summed E-state index contributed by atoms with van der Waals surface area (Å²) in [7, 11) is 2.11. The van der Waals surface area contributed by atoms with Gasteiger partial charge in [-0.2, -0.15) is 0 Å². The Labute approximate surface area is 107 Å². The van der Waals surface area contributed by atoms with Crippen molar-refractivity contribution in [2.45, 2.75) is 70.4 Å². The maximum absolute atomic E-state index is 3.44. The minimum absolute atomic E-state index is 0.754. The van der Waals surface area contributed by atoms with Crippen molar-refractivity contribution in [3.8, 4) is 0 Å². The Morgan fingerprint density at radius 2 is 2.00 bits per heavy atom. The van der Waals surface area contributed by atoms with Gasteiger partial charge < -0.3 is 5.32 Å². The van der Waals surface area contributed by atoms with Crippen LogP contribution >= 0.6 is 0 Å². The van der Waals surface area contributed by atoms with E-state index in [1.165, 1.54) is 64.5 Å². The van der Waals surface area contributed by atoms with E-state index in [0.717, 1.165) is 18.0 Å². The Bertz CT molecular complexity index is 217. The lowest BCUT2D eigenvalue weighted by Crippen LogP contribution is -2.36. The highest BCUT2D eigenvalue weighted by atomic mass is 15.2. The highest BCUT2D eigenvalue weighted by molar-refractivity contribution is 4.86. The van der Waals surface area contributed by atoms with Gasteiger partial charge in [0, 0.05) is 25.2 Å². The molecular weight excluding hydrogens is 208 g/mol. The molecule has 3 atom stereocenters. The van der Waals surface area contributed by atoms with Crippen LogP contribution in [0.2, 0.25) is 0 Å². The fraction of sp³-hybridized carbons (Fsp3) is 1.00. The molecule has 1 heterocycles. The van der Waals surface area contributed by atoms with Gasteiger partial charge in [-0.15, -0.1) is 0 Å². The van der Waals surface area contributed by atoms with E-state index in [9.17, 15) is 0 Å². The molecule has 1 aliphatic heterocycles. The molecule has 17 heavy (non-hydrogen) atoms. The lowest BCUT2D eigenvalue weighted by Gasteiger charge is -2.26. The summed E-state index contributed by atoms with van der Waals surface area (Å²) in [5.74, 6) is 1.03. The molecule has 3 unspecified atom stereocenters. The number of likely N-dealkylation sites (tertiary alicyclic amines) is 1. The fourth-order valence-corrected chi connectivity index (χ4v) is 3.78. The second-order valence-electron chi connectivity index (χ2n) is 6.09. The Morgan fingerprint density at radius 3 is 2.71 bits per heavy atom. The summed E-state index contributed by atoms with van der Waals surface area (Å²) < 4.78 is 0. The first-order valence-electron chi connectivity index (χ1n) is 7.74. The van der Waals surface area contributed by atoms with E-state index in [-0.39, 0.29) is 0 Å². The Hall–Kier alpha value is -0.0800. The highest BCUT2D eigenvalue weighted by Gasteiger charge is 2.28. The molecule has 1 N–H and O–H groups in total. The number of rotatable bonds is 4. The van der Waals surface area contributed by atoms with Crippen LogP contribution in [-0.2, 0) is 0 Å². The first kappa shape index (κ1) is 13.4. The van der Waals surface area contributed by atoms with Crippen LogP contribution in [0.4, 0.5) is 0 Å². The highest BCUT2D eigenvalue weighted by Crippen LogP contribution is 2.30. The molecule has 100 valence electrons. The van der Waals surface area contributed by atoms with Crippen molar-refractivity contribution in [1.29, 1.82) is 0 Å². The molecule has 0 radical (unpaired) electrons. The van der Waals surface area contributed by atoms with Crippen molar-refractivity contribution in [3.63, 3.8) is 0 Å². The summed E-state index contributed by atoms with van der Waals surface area (Å²) in [4.78, 5) is 2.76. The predicted octanol–water partition coefficient (Wildman–Crippen LogP) is 3.03. The molecule has 2 aliphatic rings. The van der Waals surface area contributed by atoms with Gasteiger partial charge in [0.25, 0.3) is 0 Å². The van der Waals surface area contributed by atoms with Crippen LogP contribution in [-0.4, -0.2) is 37.1 Å². The van der Waals surface area contributed by atoms with Gasteiger partial charge in [0.15, 0.2) is 0 Å². The van der Waals surface area contributed by atoms with E-state index in [2.05, 4.69) is 24.2 Å². The number of hydrogen-bond acceptors (Lipinski definition) is 2. The zero-order chi connectivity index (χ0) is 12.1. The quantitative estimate of drug-likeness (QED) is 0.757. The van der Waals surface area contributed by atoms with E-state index in [1.807, 2.05) is 0 Å². The van der Waals surface area contributed by atoms with Crippen LogP contribution in [0.15, 0.2) is 0 Å². The van der Waals surface area contributed by atoms with Gasteiger partial charge >= 0.3 is 0 Å². The number of likely N-dealkylation sites (N-methyl/N-ethyl adjacent to an activating group) is 1. The minimum Gasteiger partial charge on any atom is -0.316 e. The average Bonchev–Trinajstić information content (AvgIpc) is 2.70. The van der Waals surface area contributed by atoms with E-state index < -0.39 is 0 Å². The Balaban J connectivity index is 1.78. The first-order valence-corrected chi connectivity index (χ1v) is 7.74. The van der Waals surface area contributed by atoms with Gasteiger partial charge in [-0.3, -0.25) is 4.90 Å². The maximum atomic E-state index is 3.44. The largest absolute Gasteiger partial charge is 0.316 e. The summed E-state index contributed by atoms with van der Waals surface area (Å²) in [5, 5.41) is 3.44. The second-order valence-corrected chi connectivity index (χ2v) is 6.09. The van der Waals surface area contributed by atoms with Gasteiger partial charge in [-0.25, -0.2) is 0 Å². The molecule has 2 fully saturated rings. The Kier molecular flexibility index (Phi) is 5.30. The zero-order valence-corrected chi connectivity index (χ0v) is 11.8. The predicted molar refractivity (Wildman–Crippen MR) is 74.3 cm³/mol. The topological polar surface area (TPSA) is 15.3 Å². The first-order chi connectivity index (χ1) is 8.33. The van der Waals surface area contributed by atoms with Crippen LogP contribution in [0, 0.1) is 5.92 Å². The van der Waals surface area contributed by atoms with Crippen molar-refractivity contribution in [2.75, 3.05) is 20.1 Å². The van der Waals surface area contributed by atoms with Crippen LogP contribution in [0.3, 0.4) is 0 Å². The molecule has 0 bridgehead atoms. The summed E-state index contributed by atoms with van der Waals surface area (Å²) in [6.07, 6.45) is 11.6. The van der Waals surface area contributed by atoms with E-state index in [1.54, 1.807) is 0 Å². The molecule has 2 nitrogen and oxygen atoms in total. The van der Waals surface area contributed by atoms with Crippen LogP contribution in [0.1, 0.15) is 58.3 Å². The summed E-state index contributed by atoms with van der Waals surface area (Å²) >= 11 is 0. The van der Waals surface area contributed by atoms with E-state index in [0.29, 0.717) is 0 Å². The lowest BCUT2D eigenvalue weighted by atomic mass is 9.95. The monoisotopic (exact) mass is 238 g/mol. The van der Waals surface area contributed by atoms with Crippen molar-refractivity contribution in [1.82, 2.24) is 10.2 Å². The zero-order valence-electron chi connectivity index (χ0n) is 11.8. The second kappa shape index (κ2) is 6.75. The molecular formula is C15H30N2. The minimum atomic E-state index is 0.754. The number of nitrogens with one attached hydrogen (secondary N) is 1. The molecule has 1 saturated carbocycles. The maximum Gasteiger partial charge on any atom is 0.0204 e. The molecule has 2 rings (SSSR count). The van der Waals surface area contributed by atoms with E-state index >= 15 is 0 Å². The van der Waals surface area contributed by atoms with Gasteiger partial charge in [0.05, 0.1) is 0 Å². The molecule has 0 amide bonds. The van der Waals surface area contributed by atoms with Crippen molar-refractivity contribution >= 4 is 0 Å². The summed E-state index contributed by atoms with van der Waals surface area (Å²) in [6.45, 7) is 4.95. The van der Waals surface area contributed by atoms with Crippen molar-refractivity contribution in [3.05, 3.63) is 0 Å². The molecule has 2 heteroatoms. The fourth-order valence-electron chi connectivity index (χ4n) is 3.78. The van der Waals surface area contributed by atoms with Gasteiger partial charge in [-0.1, -0.05) is 32.6 Å². The van der Waals surface area contributed by atoms with Crippen LogP contribution < -0.4 is 5.32 Å². The Morgan fingerprint density at radius 1 is 1.12 bits per heavy atom. The third-order valence-electron chi connectivity index (χ3n) is 4.90. The molecule has 0 aromatic carbocycles. The molecule has 0 spiro atoms. The van der Waals surface area contributed by atoms with Crippen LogP contribution in [0.25, 0.3) is 0 Å². The standard InChI is InChI=1S/C15H30N2/c1-3-5-13-6-4-7-15(9-8-13)17-11-10-14(12-17)16-2/h13-16H,3-12H2,1-2H3. The average molecular weight is 238 g/mol. The molecule has 0 aromatic heterocycles. The van der Waals surface area contributed by atoms with E-state index in [4.69, 9.17) is 0 Å². The van der Waals surface area contributed by atoms with Gasteiger partial charge in [-0.05, 0) is 38.6 Å².